The smallest absolute Gasteiger partial charge is 0.283 e. The minimum Gasteiger partial charge on any atom is -0.497 e. The Hall–Kier alpha value is -3.81. The number of benzene rings is 3. The van der Waals surface area contributed by atoms with E-state index in [1.54, 1.807) is 7.11 Å². The average molecular weight is 491 g/mol. The van der Waals surface area contributed by atoms with Crippen LogP contribution in [0.15, 0.2) is 77.9 Å². The molecule has 0 saturated heterocycles. The van der Waals surface area contributed by atoms with E-state index in [4.69, 9.17) is 25.8 Å². The second kappa shape index (κ2) is 9.59. The van der Waals surface area contributed by atoms with Gasteiger partial charge in [0.2, 0.25) is 6.79 Å². The first-order valence-corrected chi connectivity index (χ1v) is 11.6. The van der Waals surface area contributed by atoms with Crippen molar-refractivity contribution in [3.63, 3.8) is 0 Å². The Bertz CT molecular complexity index is 1430. The van der Waals surface area contributed by atoms with Gasteiger partial charge in [0, 0.05) is 15.6 Å². The van der Waals surface area contributed by atoms with Crippen LogP contribution in [-0.2, 0) is 0 Å². The first-order chi connectivity index (χ1) is 16.6. The largest absolute Gasteiger partial charge is 0.497 e. The van der Waals surface area contributed by atoms with Crippen molar-refractivity contribution in [1.29, 1.82) is 0 Å². The monoisotopic (exact) mass is 490 g/mol. The molecule has 8 heteroatoms. The number of fused-ring (bicyclic) bond motifs is 2. The van der Waals surface area contributed by atoms with Crippen LogP contribution in [0.2, 0.25) is 5.02 Å². The van der Waals surface area contributed by atoms with E-state index in [9.17, 15) is 4.79 Å². The van der Waals surface area contributed by atoms with Gasteiger partial charge in [-0.25, -0.2) is 5.43 Å². The van der Waals surface area contributed by atoms with E-state index in [0.717, 1.165) is 27.0 Å². The van der Waals surface area contributed by atoms with Crippen molar-refractivity contribution >= 4 is 50.7 Å². The third-order valence-electron chi connectivity index (χ3n) is 5.24. The number of nitrogens with one attached hydrogen (secondary N) is 1. The quantitative estimate of drug-likeness (QED) is 0.260. The van der Waals surface area contributed by atoms with Gasteiger partial charge in [-0.1, -0.05) is 41.9 Å². The second-order valence-electron chi connectivity index (χ2n) is 7.35. The molecule has 0 bridgehead atoms. The van der Waals surface area contributed by atoms with Gasteiger partial charge in [0.1, 0.15) is 10.6 Å². The molecule has 170 valence electrons. The molecule has 0 aliphatic carbocycles. The molecule has 0 spiro atoms. The lowest BCUT2D eigenvalue weighted by Crippen LogP contribution is -2.18. The van der Waals surface area contributed by atoms with Crippen molar-refractivity contribution in [1.82, 2.24) is 5.43 Å². The molecule has 6 nitrogen and oxygen atoms in total. The maximum Gasteiger partial charge on any atom is 0.283 e. The molecule has 0 fully saturated rings. The molecule has 0 saturated carbocycles. The van der Waals surface area contributed by atoms with Crippen LogP contribution in [0.4, 0.5) is 0 Å². The van der Waals surface area contributed by atoms with E-state index in [0.29, 0.717) is 27.1 Å². The lowest BCUT2D eigenvalue weighted by molar-refractivity contribution is 0.0959. The van der Waals surface area contributed by atoms with Crippen molar-refractivity contribution in [3.8, 4) is 17.2 Å². The van der Waals surface area contributed by atoms with E-state index in [1.165, 1.54) is 11.3 Å². The first kappa shape index (κ1) is 22.0. The van der Waals surface area contributed by atoms with E-state index < -0.39 is 0 Å². The van der Waals surface area contributed by atoms with Crippen LogP contribution in [0, 0.1) is 0 Å². The normalized spacial score (nSPS) is 12.9. The number of hydrogen-bond acceptors (Lipinski definition) is 6. The summed E-state index contributed by atoms with van der Waals surface area (Å²) < 4.78 is 17.0. The SMILES string of the molecule is COc1ccc(C(/C=C/c2ccc3c(c2)OCO3)=N\NC(=O)c2sc3ccccc3c2Cl)cc1. The van der Waals surface area contributed by atoms with Crippen molar-refractivity contribution in [2.75, 3.05) is 13.9 Å². The van der Waals surface area contributed by atoms with Gasteiger partial charge in [-0.15, -0.1) is 11.3 Å². The number of hydrazone groups is 1. The van der Waals surface area contributed by atoms with E-state index >= 15 is 0 Å². The van der Waals surface area contributed by atoms with Crippen LogP contribution >= 0.6 is 22.9 Å². The highest BCUT2D eigenvalue weighted by Gasteiger charge is 2.17. The van der Waals surface area contributed by atoms with Gasteiger partial charge in [0.15, 0.2) is 11.5 Å². The fourth-order valence-electron chi connectivity index (χ4n) is 3.47. The zero-order chi connectivity index (χ0) is 23.5. The van der Waals surface area contributed by atoms with Gasteiger partial charge >= 0.3 is 0 Å². The fraction of sp³-hybridized carbons (Fsp3) is 0.0769. The fourth-order valence-corrected chi connectivity index (χ4v) is 4.88. The predicted octanol–water partition coefficient (Wildman–Crippen LogP) is 6.14. The Morgan fingerprint density at radius 1 is 1.09 bits per heavy atom. The van der Waals surface area contributed by atoms with Gasteiger partial charge in [-0.05, 0) is 54.1 Å². The molecule has 0 unspecified atom stereocenters. The lowest BCUT2D eigenvalue weighted by atomic mass is 10.1. The zero-order valence-electron chi connectivity index (χ0n) is 18.1. The molecule has 5 rings (SSSR count). The average Bonchev–Trinajstić information content (AvgIpc) is 3.48. The number of methoxy groups -OCH3 is 1. The number of nitrogens with zero attached hydrogens (tertiary/aromatic N) is 1. The van der Waals surface area contributed by atoms with Crippen LogP contribution in [0.25, 0.3) is 16.2 Å². The van der Waals surface area contributed by atoms with Gasteiger partial charge < -0.3 is 14.2 Å². The molecule has 1 aliphatic rings. The molecule has 2 heterocycles. The summed E-state index contributed by atoms with van der Waals surface area (Å²) in [5, 5.41) is 5.68. The van der Waals surface area contributed by atoms with Crippen molar-refractivity contribution in [2.24, 2.45) is 5.10 Å². The molecule has 1 amide bonds. The number of amides is 1. The highest BCUT2D eigenvalue weighted by molar-refractivity contribution is 7.21. The third-order valence-corrected chi connectivity index (χ3v) is 6.91. The predicted molar refractivity (Wildman–Crippen MR) is 135 cm³/mol. The maximum absolute atomic E-state index is 12.9. The van der Waals surface area contributed by atoms with E-state index in [-0.39, 0.29) is 12.7 Å². The highest BCUT2D eigenvalue weighted by atomic mass is 35.5. The number of rotatable bonds is 6. The summed E-state index contributed by atoms with van der Waals surface area (Å²) >= 11 is 7.79. The zero-order valence-corrected chi connectivity index (χ0v) is 19.7. The second-order valence-corrected chi connectivity index (χ2v) is 8.78. The number of thiophene rings is 1. The summed E-state index contributed by atoms with van der Waals surface area (Å²) in [6.07, 6.45) is 3.72. The number of carbonyl (C=O) groups excluding carboxylic acids is 1. The van der Waals surface area contributed by atoms with E-state index in [2.05, 4.69) is 10.5 Å². The van der Waals surface area contributed by atoms with Crippen LogP contribution < -0.4 is 19.6 Å². The number of ether oxygens (including phenoxy) is 3. The van der Waals surface area contributed by atoms with Gasteiger partial charge in [-0.2, -0.15) is 5.10 Å². The molecule has 0 atom stereocenters. The number of allylic oxidation sites excluding steroid dienone is 1. The minimum atomic E-state index is -0.367. The molecule has 1 aromatic heterocycles. The van der Waals surface area contributed by atoms with Crippen LogP contribution in [0.1, 0.15) is 20.8 Å². The number of carbonyl (C=O) groups is 1. The Morgan fingerprint density at radius 2 is 1.88 bits per heavy atom. The van der Waals surface area contributed by atoms with Crippen molar-refractivity contribution in [2.45, 2.75) is 0 Å². The van der Waals surface area contributed by atoms with Gasteiger partial charge in [-0.3, -0.25) is 4.79 Å². The molecule has 0 radical (unpaired) electrons. The molecule has 3 aromatic carbocycles. The van der Waals surface area contributed by atoms with Crippen molar-refractivity contribution in [3.05, 3.63) is 93.8 Å². The first-order valence-electron chi connectivity index (χ1n) is 10.4. The number of halogens is 1. The Morgan fingerprint density at radius 3 is 2.68 bits per heavy atom. The van der Waals surface area contributed by atoms with Crippen LogP contribution in [0.5, 0.6) is 17.2 Å². The Kier molecular flexibility index (Phi) is 6.20. The number of hydrogen-bond donors (Lipinski definition) is 1. The summed E-state index contributed by atoms with van der Waals surface area (Å²) in [6, 6.07) is 20.7. The third kappa shape index (κ3) is 4.48. The minimum absolute atomic E-state index is 0.216. The van der Waals surface area contributed by atoms with Crippen LogP contribution in [0.3, 0.4) is 0 Å². The molecule has 34 heavy (non-hydrogen) atoms. The van der Waals surface area contributed by atoms with Crippen LogP contribution in [-0.4, -0.2) is 25.5 Å². The van der Waals surface area contributed by atoms with Gasteiger partial charge in [0.25, 0.3) is 5.91 Å². The lowest BCUT2D eigenvalue weighted by Gasteiger charge is -2.06. The highest BCUT2D eigenvalue weighted by Crippen LogP contribution is 2.35. The molecular weight excluding hydrogens is 472 g/mol. The standard InChI is InChI=1S/C26H19ClN2O4S/c1-31-18-10-8-17(9-11-18)20(12-6-16-7-13-21-22(14-16)33-15-32-21)28-29-26(30)25-24(27)19-4-2-3-5-23(19)34-25/h2-14H,15H2,1H3,(H,29,30)/b12-6+,28-20-. The summed E-state index contributed by atoms with van der Waals surface area (Å²) in [6.45, 7) is 0.216. The molecule has 1 aliphatic heterocycles. The summed E-state index contributed by atoms with van der Waals surface area (Å²) in [4.78, 5) is 13.3. The molecular formula is C26H19ClN2O4S. The van der Waals surface area contributed by atoms with Crippen molar-refractivity contribution < 1.29 is 19.0 Å². The molecule has 4 aromatic rings. The molecule has 1 N–H and O–H groups in total. The van der Waals surface area contributed by atoms with E-state index in [1.807, 2.05) is 78.9 Å². The summed E-state index contributed by atoms with van der Waals surface area (Å²) in [5.41, 5.74) is 4.93. The topological polar surface area (TPSA) is 69.2 Å². The van der Waals surface area contributed by atoms with Gasteiger partial charge in [0.05, 0.1) is 17.8 Å². The Balaban J connectivity index is 1.44. The maximum atomic E-state index is 12.9. The summed E-state index contributed by atoms with van der Waals surface area (Å²) in [5.74, 6) is 1.77. The summed E-state index contributed by atoms with van der Waals surface area (Å²) in [7, 11) is 1.61. The Labute approximate surface area is 205 Å².